The first-order valence-corrected chi connectivity index (χ1v) is 4.27. The van der Waals surface area contributed by atoms with Gasteiger partial charge in [-0.3, -0.25) is 0 Å². The van der Waals surface area contributed by atoms with Crippen LogP contribution in [0.2, 0.25) is 0 Å². The first-order chi connectivity index (χ1) is 5.22. The van der Waals surface area contributed by atoms with E-state index in [4.69, 9.17) is 0 Å². The van der Waals surface area contributed by atoms with Gasteiger partial charge in [-0.25, -0.2) is 0 Å². The Morgan fingerprint density at radius 1 is 1.18 bits per heavy atom. The van der Waals surface area contributed by atoms with E-state index in [0.29, 0.717) is 18.3 Å². The Morgan fingerprint density at radius 2 is 1.73 bits per heavy atom. The van der Waals surface area contributed by atoms with Crippen LogP contribution in [0.1, 0.15) is 33.6 Å². The van der Waals surface area contributed by atoms with Crippen LogP contribution in [0.15, 0.2) is 12.2 Å². The minimum Gasteiger partial charge on any atom is -0.303 e. The quantitative estimate of drug-likeness (QED) is 0.439. The van der Waals surface area contributed by atoms with Crippen molar-refractivity contribution >= 4 is 6.29 Å². The second kappa shape index (κ2) is 6.14. The molecule has 1 nitrogen and oxygen atoms in total. The first kappa shape index (κ1) is 10.4. The van der Waals surface area contributed by atoms with Crippen LogP contribution in [0.25, 0.3) is 0 Å². The van der Waals surface area contributed by atoms with E-state index < -0.39 is 0 Å². The van der Waals surface area contributed by atoms with Gasteiger partial charge in [0.1, 0.15) is 6.29 Å². The number of carbonyl (C=O) groups is 1. The predicted octanol–water partition coefficient (Wildman–Crippen LogP) is 2.81. The van der Waals surface area contributed by atoms with Crippen molar-refractivity contribution in [3.05, 3.63) is 12.2 Å². The highest BCUT2D eigenvalue weighted by molar-refractivity contribution is 5.49. The number of carbonyl (C=O) groups excluding carboxylic acids is 1. The summed E-state index contributed by atoms with van der Waals surface area (Å²) in [6, 6.07) is 0. The van der Waals surface area contributed by atoms with Crippen LogP contribution < -0.4 is 0 Å². The molecule has 0 aliphatic carbocycles. The fourth-order valence-corrected chi connectivity index (χ4v) is 0.967. The fourth-order valence-electron chi connectivity index (χ4n) is 0.967. The van der Waals surface area contributed by atoms with Crippen molar-refractivity contribution in [2.45, 2.75) is 33.6 Å². The molecule has 0 heterocycles. The number of hydrogen-bond acceptors (Lipinski definition) is 1. The van der Waals surface area contributed by atoms with Gasteiger partial charge in [0.05, 0.1) is 0 Å². The van der Waals surface area contributed by atoms with Crippen molar-refractivity contribution in [1.82, 2.24) is 0 Å². The third kappa shape index (κ3) is 4.77. The largest absolute Gasteiger partial charge is 0.303 e. The van der Waals surface area contributed by atoms with Gasteiger partial charge in [-0.15, -0.1) is 0 Å². The van der Waals surface area contributed by atoms with E-state index in [9.17, 15) is 4.79 Å². The number of hydrogen-bond donors (Lipinski definition) is 0. The zero-order chi connectivity index (χ0) is 8.69. The normalized spacial score (nSPS) is 16.6. The standard InChI is InChI=1S/C10H18O/c1-4-5-6-9(2)10(3)7-8-11/h4-5,8-10H,6-7H2,1-3H3/b5-4+. The van der Waals surface area contributed by atoms with Crippen molar-refractivity contribution in [1.29, 1.82) is 0 Å². The van der Waals surface area contributed by atoms with Gasteiger partial charge < -0.3 is 4.79 Å². The highest BCUT2D eigenvalue weighted by atomic mass is 16.1. The zero-order valence-corrected chi connectivity index (χ0v) is 7.71. The third-order valence-electron chi connectivity index (χ3n) is 2.18. The summed E-state index contributed by atoms with van der Waals surface area (Å²) in [5, 5.41) is 0. The molecule has 0 aliphatic heterocycles. The van der Waals surface area contributed by atoms with Crippen LogP contribution in [-0.4, -0.2) is 6.29 Å². The SMILES string of the molecule is C/C=C/CC(C)C(C)CC=O. The molecule has 0 aromatic heterocycles. The first-order valence-electron chi connectivity index (χ1n) is 4.27. The van der Waals surface area contributed by atoms with Crippen LogP contribution in [-0.2, 0) is 4.79 Å². The smallest absolute Gasteiger partial charge is 0.120 e. The van der Waals surface area contributed by atoms with E-state index in [2.05, 4.69) is 26.0 Å². The molecule has 0 bridgehead atoms. The maximum absolute atomic E-state index is 10.2. The summed E-state index contributed by atoms with van der Waals surface area (Å²) >= 11 is 0. The number of allylic oxidation sites excluding steroid dienone is 2. The molecule has 0 N–H and O–H groups in total. The predicted molar refractivity (Wildman–Crippen MR) is 48.4 cm³/mol. The molecule has 0 aromatic rings. The van der Waals surface area contributed by atoms with Crippen LogP contribution in [0.3, 0.4) is 0 Å². The van der Waals surface area contributed by atoms with Crippen LogP contribution in [0.5, 0.6) is 0 Å². The molecule has 64 valence electrons. The number of rotatable bonds is 5. The average molecular weight is 154 g/mol. The zero-order valence-electron chi connectivity index (χ0n) is 7.71. The molecule has 0 aromatic carbocycles. The molecule has 1 heteroatoms. The van der Waals surface area contributed by atoms with Gasteiger partial charge in [-0.2, -0.15) is 0 Å². The molecule has 2 unspecified atom stereocenters. The molecule has 0 rings (SSSR count). The van der Waals surface area contributed by atoms with Crippen molar-refractivity contribution < 1.29 is 4.79 Å². The molecule has 0 saturated carbocycles. The van der Waals surface area contributed by atoms with Gasteiger partial charge in [0.15, 0.2) is 0 Å². The highest BCUT2D eigenvalue weighted by Crippen LogP contribution is 2.17. The molecule has 2 atom stereocenters. The molecule has 0 saturated heterocycles. The topological polar surface area (TPSA) is 17.1 Å². The van der Waals surface area contributed by atoms with Gasteiger partial charge in [0, 0.05) is 6.42 Å². The fraction of sp³-hybridized carbons (Fsp3) is 0.700. The van der Waals surface area contributed by atoms with Crippen LogP contribution >= 0.6 is 0 Å². The lowest BCUT2D eigenvalue weighted by atomic mass is 9.91. The van der Waals surface area contributed by atoms with Crippen molar-refractivity contribution in [2.75, 3.05) is 0 Å². The van der Waals surface area contributed by atoms with E-state index in [1.807, 2.05) is 6.92 Å². The third-order valence-corrected chi connectivity index (χ3v) is 2.18. The monoisotopic (exact) mass is 154 g/mol. The Bertz CT molecular complexity index is 127. The summed E-state index contributed by atoms with van der Waals surface area (Å²) < 4.78 is 0. The Hall–Kier alpha value is -0.590. The van der Waals surface area contributed by atoms with Crippen molar-refractivity contribution in [2.24, 2.45) is 11.8 Å². The molecular weight excluding hydrogens is 136 g/mol. The summed E-state index contributed by atoms with van der Waals surface area (Å²) in [6.45, 7) is 6.34. The highest BCUT2D eigenvalue weighted by Gasteiger charge is 2.08. The summed E-state index contributed by atoms with van der Waals surface area (Å²) in [5.74, 6) is 1.14. The van der Waals surface area contributed by atoms with Gasteiger partial charge in [-0.05, 0) is 25.2 Å². The van der Waals surface area contributed by atoms with E-state index in [0.717, 1.165) is 12.7 Å². The van der Waals surface area contributed by atoms with Gasteiger partial charge in [0.2, 0.25) is 0 Å². The van der Waals surface area contributed by atoms with Crippen LogP contribution in [0.4, 0.5) is 0 Å². The second-order valence-electron chi connectivity index (χ2n) is 3.16. The molecule has 0 aliphatic rings. The van der Waals surface area contributed by atoms with E-state index >= 15 is 0 Å². The molecule has 0 radical (unpaired) electrons. The Kier molecular flexibility index (Phi) is 5.81. The molecule has 0 fully saturated rings. The Labute approximate surface area is 69.5 Å². The lowest BCUT2D eigenvalue weighted by molar-refractivity contribution is -0.108. The summed E-state index contributed by atoms with van der Waals surface area (Å²) in [7, 11) is 0. The Balaban J connectivity index is 3.62. The van der Waals surface area contributed by atoms with Crippen LogP contribution in [0, 0.1) is 11.8 Å². The molecule has 0 spiro atoms. The minimum atomic E-state index is 0.517. The van der Waals surface area contributed by atoms with Crippen molar-refractivity contribution in [3.63, 3.8) is 0 Å². The minimum absolute atomic E-state index is 0.517. The average Bonchev–Trinajstić information content (AvgIpc) is 2.00. The molecule has 11 heavy (non-hydrogen) atoms. The van der Waals surface area contributed by atoms with E-state index in [1.54, 1.807) is 0 Å². The lowest BCUT2D eigenvalue weighted by Crippen LogP contribution is -2.07. The lowest BCUT2D eigenvalue weighted by Gasteiger charge is -2.14. The second-order valence-corrected chi connectivity index (χ2v) is 3.16. The van der Waals surface area contributed by atoms with Gasteiger partial charge in [0.25, 0.3) is 0 Å². The van der Waals surface area contributed by atoms with E-state index in [-0.39, 0.29) is 0 Å². The summed E-state index contributed by atoms with van der Waals surface area (Å²) in [6.07, 6.45) is 7.01. The maximum atomic E-state index is 10.2. The van der Waals surface area contributed by atoms with Gasteiger partial charge in [-0.1, -0.05) is 26.0 Å². The summed E-state index contributed by atoms with van der Waals surface area (Å²) in [4.78, 5) is 10.2. The molecular formula is C10H18O. The van der Waals surface area contributed by atoms with E-state index in [1.165, 1.54) is 0 Å². The maximum Gasteiger partial charge on any atom is 0.120 e. The van der Waals surface area contributed by atoms with Crippen molar-refractivity contribution in [3.8, 4) is 0 Å². The van der Waals surface area contributed by atoms with Gasteiger partial charge >= 0.3 is 0 Å². The molecule has 0 amide bonds. The number of aldehydes is 1. The Morgan fingerprint density at radius 3 is 2.18 bits per heavy atom. The summed E-state index contributed by atoms with van der Waals surface area (Å²) in [5.41, 5.74) is 0.